The second-order valence-electron chi connectivity index (χ2n) is 14.1. The molecule has 0 radical (unpaired) electrons. The molecule has 3 fully saturated rings. The van der Waals surface area contributed by atoms with E-state index in [1.807, 2.05) is 19.1 Å². The summed E-state index contributed by atoms with van der Waals surface area (Å²) in [5, 5.41) is 35.1. The number of aliphatic hydroxyl groups is 1. The Morgan fingerprint density at radius 1 is 1.04 bits per heavy atom. The van der Waals surface area contributed by atoms with Gasteiger partial charge in [0, 0.05) is 54.2 Å². The summed E-state index contributed by atoms with van der Waals surface area (Å²) in [5.41, 5.74) is 4.48. The average Bonchev–Trinajstić information content (AvgIpc) is 3.51. The Labute approximate surface area is 298 Å². The van der Waals surface area contributed by atoms with E-state index in [9.17, 15) is 29.7 Å². The van der Waals surface area contributed by atoms with E-state index in [1.165, 1.54) is 26.2 Å². The SMILES string of the molecule is COc1cccc2c1C(=O)c1c(O)c3c(c(O)c1C2=O)C[C@@](O)(C(C)=O)C[C@@H]3O[C@H]1C[C@H]2[C@H](OC3[C@@H](OCc4ccc(N)cc4)OCCN32)[C@H](C)O1. The Bertz CT molecular complexity index is 1970. The third-order valence-corrected chi connectivity index (χ3v) is 11.0. The number of ether oxygens (including phenoxy) is 6. The molecule has 14 nitrogen and oxygen atoms in total. The van der Waals surface area contributed by atoms with Gasteiger partial charge in [-0.15, -0.1) is 0 Å². The third-order valence-electron chi connectivity index (χ3n) is 11.0. The van der Waals surface area contributed by atoms with Crippen molar-refractivity contribution in [1.29, 1.82) is 0 Å². The fourth-order valence-electron chi connectivity index (χ4n) is 8.34. The first kappa shape index (κ1) is 34.7. The molecule has 3 aliphatic heterocycles. The van der Waals surface area contributed by atoms with Gasteiger partial charge in [-0.1, -0.05) is 24.3 Å². The number of benzene rings is 3. The number of nitrogen functional groups attached to an aromatic ring is 1. The van der Waals surface area contributed by atoms with Gasteiger partial charge in [-0.2, -0.15) is 0 Å². The van der Waals surface area contributed by atoms with E-state index in [-0.39, 0.29) is 46.6 Å². The van der Waals surface area contributed by atoms with Crippen molar-refractivity contribution in [3.63, 3.8) is 0 Å². The quantitative estimate of drug-likeness (QED) is 0.161. The molecule has 1 unspecified atom stereocenters. The summed E-state index contributed by atoms with van der Waals surface area (Å²) in [6.45, 7) is 4.32. The highest BCUT2D eigenvalue weighted by molar-refractivity contribution is 6.31. The van der Waals surface area contributed by atoms with Crippen molar-refractivity contribution >= 4 is 23.0 Å². The van der Waals surface area contributed by atoms with Gasteiger partial charge in [-0.25, -0.2) is 0 Å². The zero-order chi connectivity index (χ0) is 36.6. The van der Waals surface area contributed by atoms with Gasteiger partial charge in [0.1, 0.15) is 29.0 Å². The van der Waals surface area contributed by atoms with Crippen molar-refractivity contribution in [2.75, 3.05) is 26.0 Å². The Hall–Kier alpha value is -4.41. The lowest BCUT2D eigenvalue weighted by Crippen LogP contribution is -2.55. The van der Waals surface area contributed by atoms with Crippen LogP contribution in [0.3, 0.4) is 0 Å². The summed E-state index contributed by atoms with van der Waals surface area (Å²) in [5.74, 6) is -3.07. The number of methoxy groups -OCH3 is 1. The number of nitrogens with two attached hydrogens (primary N) is 1. The molecule has 0 amide bonds. The maximum atomic E-state index is 14.0. The molecule has 0 saturated carbocycles. The summed E-state index contributed by atoms with van der Waals surface area (Å²) < 4.78 is 36.8. The van der Waals surface area contributed by atoms with E-state index in [4.69, 9.17) is 34.2 Å². The number of hydrogen-bond acceptors (Lipinski definition) is 14. The number of anilines is 1. The molecule has 8 atom stereocenters. The number of rotatable bonds is 7. The standard InChI is InChI=1S/C38H40N2O12/c1-17-35-23(40-11-12-48-37(36(40)52-35)49-16-19-7-9-20(39)10-8-19)13-26(50-17)51-25-15-38(46,18(2)41)14-22-28(25)34(45)30-29(32(22)43)31(42)21-5-4-6-24(47-3)27(21)33(30)44/h4-10,17,23,25-26,35-37,43,45-46H,11-16,39H2,1-3H3/t17-,23-,25-,26-,35+,36?,37+,38-/m0/s1. The van der Waals surface area contributed by atoms with E-state index in [1.54, 1.807) is 18.2 Å². The summed E-state index contributed by atoms with van der Waals surface area (Å²) in [6, 6.07) is 11.7. The highest BCUT2D eigenvalue weighted by Gasteiger charge is 2.55. The number of fused-ring (bicyclic) bond motifs is 6. The minimum atomic E-state index is -2.01. The van der Waals surface area contributed by atoms with Crippen LogP contribution in [0.4, 0.5) is 5.69 Å². The topological polar surface area (TPSA) is 197 Å². The van der Waals surface area contributed by atoms with Crippen LogP contribution in [0.1, 0.15) is 81.3 Å². The Morgan fingerprint density at radius 2 is 1.79 bits per heavy atom. The maximum absolute atomic E-state index is 14.0. The van der Waals surface area contributed by atoms with Crippen molar-refractivity contribution in [2.45, 2.75) is 88.5 Å². The third kappa shape index (κ3) is 5.48. The second kappa shape index (κ2) is 12.9. The lowest BCUT2D eigenvalue weighted by Gasteiger charge is -2.43. The van der Waals surface area contributed by atoms with Crippen molar-refractivity contribution in [1.82, 2.24) is 4.90 Å². The summed E-state index contributed by atoms with van der Waals surface area (Å²) >= 11 is 0. The Kier molecular flexibility index (Phi) is 8.61. The normalized spacial score (nSPS) is 30.9. The van der Waals surface area contributed by atoms with Gasteiger partial charge < -0.3 is 49.5 Å². The number of ketones is 3. The molecule has 274 valence electrons. The molecule has 0 aromatic heterocycles. The first-order valence-corrected chi connectivity index (χ1v) is 17.3. The molecule has 3 aromatic carbocycles. The van der Waals surface area contributed by atoms with Crippen molar-refractivity contribution < 1.29 is 58.1 Å². The fourth-order valence-corrected chi connectivity index (χ4v) is 8.34. The fraction of sp³-hybridized carbons (Fsp3) is 0.447. The molecule has 3 aromatic rings. The number of phenolic OH excluding ortho intramolecular Hbond substituents is 2. The van der Waals surface area contributed by atoms with Gasteiger partial charge in [0.25, 0.3) is 0 Å². The van der Waals surface area contributed by atoms with E-state index in [2.05, 4.69) is 4.90 Å². The van der Waals surface area contributed by atoms with Crippen LogP contribution in [0.5, 0.6) is 17.2 Å². The first-order valence-electron chi connectivity index (χ1n) is 17.3. The predicted molar refractivity (Wildman–Crippen MR) is 181 cm³/mol. The number of carbonyl (C=O) groups is 3. The molecular formula is C38H40N2O12. The summed E-state index contributed by atoms with van der Waals surface area (Å²) in [4.78, 5) is 42.8. The number of hydrogen-bond donors (Lipinski definition) is 4. The zero-order valence-electron chi connectivity index (χ0n) is 28.9. The van der Waals surface area contributed by atoms with Gasteiger partial charge in [0.2, 0.25) is 5.78 Å². The molecule has 52 heavy (non-hydrogen) atoms. The average molecular weight is 717 g/mol. The highest BCUT2D eigenvalue weighted by Crippen LogP contribution is 2.53. The van der Waals surface area contributed by atoms with Crippen LogP contribution in [-0.2, 0) is 41.5 Å². The molecular weight excluding hydrogens is 676 g/mol. The molecule has 0 spiro atoms. The van der Waals surface area contributed by atoms with E-state index >= 15 is 0 Å². The minimum absolute atomic E-state index is 0.00287. The van der Waals surface area contributed by atoms with Crippen LogP contribution in [0.25, 0.3) is 0 Å². The van der Waals surface area contributed by atoms with Crippen LogP contribution in [0.15, 0.2) is 42.5 Å². The van der Waals surface area contributed by atoms with Crippen LogP contribution >= 0.6 is 0 Å². The minimum Gasteiger partial charge on any atom is -0.507 e. The van der Waals surface area contributed by atoms with E-state index < -0.39 is 83.0 Å². The molecule has 3 heterocycles. The lowest BCUT2D eigenvalue weighted by atomic mass is 9.72. The summed E-state index contributed by atoms with van der Waals surface area (Å²) in [6.07, 6.45) is -4.57. The van der Waals surface area contributed by atoms with Gasteiger partial charge in [-0.3, -0.25) is 19.3 Å². The zero-order valence-corrected chi connectivity index (χ0v) is 28.9. The van der Waals surface area contributed by atoms with Gasteiger partial charge in [0.15, 0.2) is 30.4 Å². The smallest absolute Gasteiger partial charge is 0.202 e. The van der Waals surface area contributed by atoms with Gasteiger partial charge >= 0.3 is 0 Å². The maximum Gasteiger partial charge on any atom is 0.202 e. The van der Waals surface area contributed by atoms with Crippen molar-refractivity contribution in [2.24, 2.45) is 0 Å². The molecule has 0 bridgehead atoms. The monoisotopic (exact) mass is 716 g/mol. The molecule has 14 heteroatoms. The summed E-state index contributed by atoms with van der Waals surface area (Å²) in [7, 11) is 1.36. The number of Topliss-reactive ketones (excluding diaryl/α,β-unsaturated/α-hetero) is 1. The van der Waals surface area contributed by atoms with E-state index in [0.717, 1.165) is 5.56 Å². The predicted octanol–water partition coefficient (Wildman–Crippen LogP) is 2.89. The molecule has 2 aliphatic carbocycles. The number of phenols is 2. The second-order valence-corrected chi connectivity index (χ2v) is 14.1. The van der Waals surface area contributed by atoms with E-state index in [0.29, 0.717) is 31.9 Å². The highest BCUT2D eigenvalue weighted by atomic mass is 16.7. The largest absolute Gasteiger partial charge is 0.507 e. The number of morpholine rings is 1. The van der Waals surface area contributed by atoms with Crippen LogP contribution < -0.4 is 10.5 Å². The van der Waals surface area contributed by atoms with Crippen LogP contribution in [0.2, 0.25) is 0 Å². The number of carbonyl (C=O) groups excluding carboxylic acids is 3. The van der Waals surface area contributed by atoms with Crippen molar-refractivity contribution in [3.8, 4) is 17.2 Å². The van der Waals surface area contributed by atoms with Gasteiger partial charge in [-0.05, 0) is 37.6 Å². The number of nitrogens with zero attached hydrogens (tertiary/aromatic N) is 1. The molecule has 3 saturated heterocycles. The van der Waals surface area contributed by atoms with Gasteiger partial charge in [0.05, 0.1) is 49.2 Å². The first-order chi connectivity index (χ1) is 24.9. The Balaban J connectivity index is 1.09. The van der Waals surface area contributed by atoms with Crippen LogP contribution in [-0.4, -0.2) is 100 Å². The molecule has 5 N–H and O–H groups in total. The molecule has 5 aliphatic rings. The van der Waals surface area contributed by atoms with Crippen LogP contribution in [0, 0.1) is 0 Å². The Morgan fingerprint density at radius 3 is 2.52 bits per heavy atom. The molecule has 8 rings (SSSR count). The van der Waals surface area contributed by atoms with Crippen molar-refractivity contribution in [3.05, 3.63) is 81.4 Å². The lowest BCUT2D eigenvalue weighted by molar-refractivity contribution is -0.264. The number of aromatic hydroxyl groups is 2.